The van der Waals surface area contributed by atoms with Gasteiger partial charge >= 0.3 is 0 Å². The van der Waals surface area contributed by atoms with E-state index in [1.54, 1.807) is 18.2 Å². The fourth-order valence-electron chi connectivity index (χ4n) is 2.48. The summed E-state index contributed by atoms with van der Waals surface area (Å²) >= 11 is 13.5. The minimum absolute atomic E-state index is 0.253. The monoisotopic (exact) mass is 372 g/mol. The molecule has 4 rings (SSSR count). The standard InChI is InChI=1S/C18H10Cl2N2OS/c19-12-5-3-6-13(20)16(12)22-17(23)15-9-11-8-10-4-1-2-7-14(10)21-18(11)24-15/h1-9H,(H,22,23). The molecule has 0 fully saturated rings. The van der Waals surface area contributed by atoms with E-state index < -0.39 is 0 Å². The normalized spacial score (nSPS) is 11.1. The second-order valence-electron chi connectivity index (χ2n) is 5.24. The largest absolute Gasteiger partial charge is 0.319 e. The third-order valence-electron chi connectivity index (χ3n) is 3.64. The predicted octanol–water partition coefficient (Wildman–Crippen LogP) is 6.01. The second-order valence-corrected chi connectivity index (χ2v) is 7.08. The molecule has 2 heterocycles. The molecule has 1 N–H and O–H groups in total. The highest BCUT2D eigenvalue weighted by Gasteiger charge is 2.15. The number of carbonyl (C=O) groups is 1. The fraction of sp³-hybridized carbons (Fsp3) is 0. The summed E-state index contributed by atoms with van der Waals surface area (Å²) in [5.74, 6) is -0.253. The Morgan fingerprint density at radius 2 is 1.71 bits per heavy atom. The number of benzene rings is 2. The van der Waals surface area contributed by atoms with Gasteiger partial charge in [-0.3, -0.25) is 4.79 Å². The number of aromatic nitrogens is 1. The Kier molecular flexibility index (Phi) is 3.88. The van der Waals surface area contributed by atoms with Crippen LogP contribution in [-0.4, -0.2) is 10.9 Å². The van der Waals surface area contributed by atoms with Crippen molar-refractivity contribution < 1.29 is 4.79 Å². The van der Waals surface area contributed by atoms with Crippen molar-refractivity contribution in [3.8, 4) is 0 Å². The van der Waals surface area contributed by atoms with E-state index >= 15 is 0 Å². The highest BCUT2D eigenvalue weighted by Crippen LogP contribution is 2.32. The summed E-state index contributed by atoms with van der Waals surface area (Å²) in [7, 11) is 0. The number of amides is 1. The molecule has 118 valence electrons. The van der Waals surface area contributed by atoms with Gasteiger partial charge in [0.25, 0.3) is 5.91 Å². The Hall–Kier alpha value is -2.14. The molecule has 0 radical (unpaired) electrons. The number of pyridine rings is 1. The maximum atomic E-state index is 12.5. The smallest absolute Gasteiger partial charge is 0.265 e. The average Bonchev–Trinajstić information content (AvgIpc) is 2.99. The number of halogens is 2. The third-order valence-corrected chi connectivity index (χ3v) is 5.31. The van der Waals surface area contributed by atoms with E-state index in [1.807, 2.05) is 36.4 Å². The SMILES string of the molecule is O=C(Nc1c(Cl)cccc1Cl)c1cc2cc3ccccc3nc2s1. The lowest BCUT2D eigenvalue weighted by molar-refractivity contribution is 0.103. The van der Waals surface area contributed by atoms with Crippen LogP contribution in [0.2, 0.25) is 10.0 Å². The molecular formula is C18H10Cl2N2OS. The molecule has 6 heteroatoms. The molecule has 0 bridgehead atoms. The first-order valence-corrected chi connectivity index (χ1v) is 8.74. The lowest BCUT2D eigenvalue weighted by Crippen LogP contribution is -2.10. The number of carbonyl (C=O) groups excluding carboxylic acids is 1. The van der Waals surface area contributed by atoms with Crippen molar-refractivity contribution in [1.82, 2.24) is 4.98 Å². The third kappa shape index (κ3) is 2.73. The van der Waals surface area contributed by atoms with Crippen LogP contribution >= 0.6 is 34.5 Å². The van der Waals surface area contributed by atoms with Gasteiger partial charge in [-0.1, -0.05) is 47.5 Å². The Bertz CT molecular complexity index is 1020. The molecule has 0 spiro atoms. The Labute approximate surface area is 151 Å². The number of fused-ring (bicyclic) bond motifs is 2. The number of nitrogens with one attached hydrogen (secondary N) is 1. The van der Waals surface area contributed by atoms with Crippen molar-refractivity contribution >= 4 is 67.3 Å². The van der Waals surface area contributed by atoms with Gasteiger partial charge in [-0.15, -0.1) is 11.3 Å². The van der Waals surface area contributed by atoms with Gasteiger partial charge in [0.1, 0.15) is 4.83 Å². The summed E-state index contributed by atoms with van der Waals surface area (Å²) < 4.78 is 0. The summed E-state index contributed by atoms with van der Waals surface area (Å²) in [6, 6.07) is 16.8. The number of hydrogen-bond donors (Lipinski definition) is 1. The summed E-state index contributed by atoms with van der Waals surface area (Å²) in [5.41, 5.74) is 1.33. The summed E-state index contributed by atoms with van der Waals surface area (Å²) in [5, 5.41) is 5.57. The molecule has 4 aromatic rings. The molecule has 0 unspecified atom stereocenters. The van der Waals surface area contributed by atoms with Crippen LogP contribution in [0.3, 0.4) is 0 Å². The zero-order valence-electron chi connectivity index (χ0n) is 12.2. The van der Waals surface area contributed by atoms with E-state index in [0.717, 1.165) is 21.1 Å². The quantitative estimate of drug-likeness (QED) is 0.468. The molecule has 0 saturated heterocycles. The van der Waals surface area contributed by atoms with Crippen LogP contribution in [0.5, 0.6) is 0 Å². The van der Waals surface area contributed by atoms with Crippen molar-refractivity contribution in [1.29, 1.82) is 0 Å². The molecular weight excluding hydrogens is 363 g/mol. The van der Waals surface area contributed by atoms with Gasteiger partial charge in [0.05, 0.1) is 26.1 Å². The first kappa shape index (κ1) is 15.4. The Morgan fingerprint density at radius 3 is 2.50 bits per heavy atom. The van der Waals surface area contributed by atoms with Crippen molar-refractivity contribution in [2.24, 2.45) is 0 Å². The molecule has 2 aromatic carbocycles. The van der Waals surface area contributed by atoms with Gasteiger partial charge in [0.15, 0.2) is 0 Å². The lowest BCUT2D eigenvalue weighted by Gasteiger charge is -2.07. The highest BCUT2D eigenvalue weighted by molar-refractivity contribution is 7.20. The average molecular weight is 373 g/mol. The minimum Gasteiger partial charge on any atom is -0.319 e. The maximum absolute atomic E-state index is 12.5. The van der Waals surface area contributed by atoms with Gasteiger partial charge in [0.2, 0.25) is 0 Å². The van der Waals surface area contributed by atoms with Crippen molar-refractivity contribution in [2.45, 2.75) is 0 Å². The zero-order chi connectivity index (χ0) is 16.7. The molecule has 0 saturated carbocycles. The number of thiophene rings is 1. The van der Waals surface area contributed by atoms with Crippen molar-refractivity contribution in [3.63, 3.8) is 0 Å². The first-order valence-electron chi connectivity index (χ1n) is 7.16. The minimum atomic E-state index is -0.253. The molecule has 0 aliphatic rings. The van der Waals surface area contributed by atoms with Crippen LogP contribution in [0.4, 0.5) is 5.69 Å². The first-order chi connectivity index (χ1) is 11.6. The molecule has 2 aromatic heterocycles. The lowest BCUT2D eigenvalue weighted by atomic mass is 10.2. The van der Waals surface area contributed by atoms with E-state index in [-0.39, 0.29) is 5.91 Å². The van der Waals surface area contributed by atoms with E-state index in [2.05, 4.69) is 10.3 Å². The van der Waals surface area contributed by atoms with Crippen LogP contribution in [0.1, 0.15) is 9.67 Å². The maximum Gasteiger partial charge on any atom is 0.265 e. The number of hydrogen-bond acceptors (Lipinski definition) is 3. The second kappa shape index (κ2) is 6.06. The Morgan fingerprint density at radius 1 is 0.958 bits per heavy atom. The van der Waals surface area contributed by atoms with Crippen LogP contribution in [-0.2, 0) is 0 Å². The van der Waals surface area contributed by atoms with Crippen LogP contribution in [0.25, 0.3) is 21.1 Å². The summed E-state index contributed by atoms with van der Waals surface area (Å²) in [6.45, 7) is 0. The zero-order valence-corrected chi connectivity index (χ0v) is 14.5. The van der Waals surface area contributed by atoms with Crippen molar-refractivity contribution in [2.75, 3.05) is 5.32 Å². The van der Waals surface area contributed by atoms with Gasteiger partial charge in [-0.2, -0.15) is 0 Å². The molecule has 0 aliphatic carbocycles. The molecule has 24 heavy (non-hydrogen) atoms. The van der Waals surface area contributed by atoms with Crippen LogP contribution in [0.15, 0.2) is 54.6 Å². The Balaban J connectivity index is 1.73. The molecule has 0 atom stereocenters. The van der Waals surface area contributed by atoms with E-state index in [0.29, 0.717) is 20.6 Å². The van der Waals surface area contributed by atoms with Crippen LogP contribution in [0, 0.1) is 0 Å². The summed E-state index contributed by atoms with van der Waals surface area (Å²) in [4.78, 5) is 18.5. The predicted molar refractivity (Wildman–Crippen MR) is 102 cm³/mol. The molecule has 1 amide bonds. The van der Waals surface area contributed by atoms with Crippen LogP contribution < -0.4 is 5.32 Å². The fourth-order valence-corrected chi connectivity index (χ4v) is 3.89. The molecule has 0 aliphatic heterocycles. The van der Waals surface area contributed by atoms with E-state index in [1.165, 1.54) is 11.3 Å². The highest BCUT2D eigenvalue weighted by atomic mass is 35.5. The van der Waals surface area contributed by atoms with Gasteiger partial charge < -0.3 is 5.32 Å². The van der Waals surface area contributed by atoms with Gasteiger partial charge in [-0.05, 0) is 30.3 Å². The van der Waals surface area contributed by atoms with E-state index in [4.69, 9.17) is 23.2 Å². The number of nitrogens with zero attached hydrogens (tertiary/aromatic N) is 1. The number of rotatable bonds is 2. The topological polar surface area (TPSA) is 42.0 Å². The molecule has 3 nitrogen and oxygen atoms in total. The number of anilines is 1. The van der Waals surface area contributed by atoms with Crippen molar-refractivity contribution in [3.05, 3.63) is 69.5 Å². The van der Waals surface area contributed by atoms with Gasteiger partial charge in [0, 0.05) is 10.8 Å². The van der Waals surface area contributed by atoms with Gasteiger partial charge in [-0.25, -0.2) is 4.98 Å². The summed E-state index contributed by atoms with van der Waals surface area (Å²) in [6.07, 6.45) is 0. The van der Waals surface area contributed by atoms with E-state index in [9.17, 15) is 4.79 Å². The number of para-hydroxylation sites is 2.